The molecule has 0 heterocycles. The Balaban J connectivity index is 1.94. The molecule has 0 aromatic heterocycles. The fraction of sp³-hybridized carbons (Fsp3) is 0.222. The molecule has 0 aliphatic heterocycles. The van der Waals surface area contributed by atoms with Crippen LogP contribution in [-0.2, 0) is 21.3 Å². The topological polar surface area (TPSA) is 83.5 Å². The zero-order valence-electron chi connectivity index (χ0n) is 13.5. The van der Waals surface area contributed by atoms with E-state index in [-0.39, 0.29) is 23.0 Å². The molecule has 0 saturated carbocycles. The third-order valence-electron chi connectivity index (χ3n) is 3.57. The van der Waals surface area contributed by atoms with Gasteiger partial charge in [0.05, 0.1) is 5.56 Å². The first kappa shape index (κ1) is 17.9. The number of carbonyl (C=O) groups is 2. The molecule has 0 spiro atoms. The molecule has 0 fully saturated rings. The lowest BCUT2D eigenvalue weighted by Gasteiger charge is -2.11. The summed E-state index contributed by atoms with van der Waals surface area (Å²) in [7, 11) is -1.36. The van der Waals surface area contributed by atoms with E-state index in [0.29, 0.717) is 0 Å². The highest BCUT2D eigenvalue weighted by molar-refractivity contribution is 7.84. The van der Waals surface area contributed by atoms with Crippen molar-refractivity contribution in [2.45, 2.75) is 19.6 Å². The van der Waals surface area contributed by atoms with Crippen molar-refractivity contribution >= 4 is 28.4 Å². The SMILES string of the molecule is Cc1cccc(C)c1NC(=O)CS(=O)Cc1ccc(C(=O)O)cc1. The predicted octanol–water partition coefficient (Wildman–Crippen LogP) is 2.89. The number of carboxylic acids is 1. The lowest BCUT2D eigenvalue weighted by Crippen LogP contribution is -2.21. The van der Waals surface area contributed by atoms with E-state index in [0.717, 1.165) is 22.4 Å². The lowest BCUT2D eigenvalue weighted by molar-refractivity contribution is -0.113. The summed E-state index contributed by atoms with van der Waals surface area (Å²) >= 11 is 0. The van der Waals surface area contributed by atoms with Gasteiger partial charge in [-0.05, 0) is 42.7 Å². The molecule has 2 N–H and O–H groups in total. The van der Waals surface area contributed by atoms with Gasteiger partial charge in [0.15, 0.2) is 0 Å². The first-order valence-corrected chi connectivity index (χ1v) is 8.89. The minimum absolute atomic E-state index is 0.103. The van der Waals surface area contributed by atoms with E-state index in [1.807, 2.05) is 32.0 Å². The molecule has 0 saturated heterocycles. The maximum absolute atomic E-state index is 12.1. The minimum Gasteiger partial charge on any atom is -0.478 e. The molecule has 6 heteroatoms. The van der Waals surface area contributed by atoms with Crippen molar-refractivity contribution in [2.75, 3.05) is 11.1 Å². The van der Waals surface area contributed by atoms with Crippen molar-refractivity contribution in [1.82, 2.24) is 0 Å². The molecule has 2 aromatic carbocycles. The summed E-state index contributed by atoms with van der Waals surface area (Å²) in [6, 6.07) is 11.9. The summed E-state index contributed by atoms with van der Waals surface area (Å²) < 4.78 is 12.1. The standard InChI is InChI=1S/C18H19NO4S/c1-12-4-3-5-13(2)17(12)19-16(20)11-24(23)10-14-6-8-15(9-7-14)18(21)22/h3-9H,10-11H2,1-2H3,(H,19,20)(H,21,22). The van der Waals surface area contributed by atoms with E-state index in [1.165, 1.54) is 12.1 Å². The van der Waals surface area contributed by atoms with Crippen LogP contribution in [0.3, 0.4) is 0 Å². The lowest BCUT2D eigenvalue weighted by atomic mass is 10.1. The number of rotatable bonds is 6. The Kier molecular flexibility index (Phi) is 5.87. The Hall–Kier alpha value is -2.47. The average Bonchev–Trinajstić information content (AvgIpc) is 2.51. The van der Waals surface area contributed by atoms with Crippen LogP contribution in [0.4, 0.5) is 5.69 Å². The van der Waals surface area contributed by atoms with Gasteiger partial charge in [-0.3, -0.25) is 9.00 Å². The van der Waals surface area contributed by atoms with Crippen LogP contribution in [0.2, 0.25) is 0 Å². The number of carboxylic acid groups (broad SMARTS) is 1. The van der Waals surface area contributed by atoms with E-state index in [2.05, 4.69) is 5.32 Å². The molecule has 5 nitrogen and oxygen atoms in total. The van der Waals surface area contributed by atoms with Gasteiger partial charge in [0.1, 0.15) is 5.75 Å². The number of aromatic carboxylic acids is 1. The van der Waals surface area contributed by atoms with Crippen LogP contribution in [0.25, 0.3) is 0 Å². The van der Waals surface area contributed by atoms with Gasteiger partial charge in [0.2, 0.25) is 5.91 Å². The molecule has 0 aliphatic carbocycles. The monoisotopic (exact) mass is 345 g/mol. The van der Waals surface area contributed by atoms with Gasteiger partial charge in [-0.15, -0.1) is 0 Å². The van der Waals surface area contributed by atoms with Crippen molar-refractivity contribution in [1.29, 1.82) is 0 Å². The summed E-state index contributed by atoms with van der Waals surface area (Å²) in [6.07, 6.45) is 0. The third-order valence-corrected chi connectivity index (χ3v) is 4.81. The molecule has 126 valence electrons. The number of para-hydroxylation sites is 1. The van der Waals surface area contributed by atoms with E-state index in [4.69, 9.17) is 5.11 Å². The highest BCUT2D eigenvalue weighted by Gasteiger charge is 2.12. The number of hydrogen-bond acceptors (Lipinski definition) is 3. The summed E-state index contributed by atoms with van der Waals surface area (Å²) in [5, 5.41) is 11.7. The number of aryl methyl sites for hydroxylation is 2. The van der Waals surface area contributed by atoms with Gasteiger partial charge in [-0.1, -0.05) is 30.3 Å². The molecule has 0 bridgehead atoms. The Labute approximate surface area is 143 Å². The van der Waals surface area contributed by atoms with Gasteiger partial charge in [0, 0.05) is 22.2 Å². The summed E-state index contributed by atoms with van der Waals surface area (Å²) in [5.41, 5.74) is 3.58. The van der Waals surface area contributed by atoms with Crippen molar-refractivity contribution < 1.29 is 18.9 Å². The number of carbonyl (C=O) groups excluding carboxylic acids is 1. The third kappa shape index (κ3) is 4.76. The second-order valence-corrected chi connectivity index (χ2v) is 7.00. The van der Waals surface area contributed by atoms with Gasteiger partial charge < -0.3 is 10.4 Å². The van der Waals surface area contributed by atoms with Crippen LogP contribution < -0.4 is 5.32 Å². The first-order valence-electron chi connectivity index (χ1n) is 7.40. The van der Waals surface area contributed by atoms with Crippen LogP contribution >= 0.6 is 0 Å². The second-order valence-electron chi connectivity index (χ2n) is 5.55. The number of benzene rings is 2. The van der Waals surface area contributed by atoms with Gasteiger partial charge >= 0.3 is 5.97 Å². The van der Waals surface area contributed by atoms with Crippen LogP contribution in [0.5, 0.6) is 0 Å². The number of hydrogen-bond donors (Lipinski definition) is 2. The molecule has 0 aliphatic rings. The van der Waals surface area contributed by atoms with Gasteiger partial charge in [-0.2, -0.15) is 0 Å². The van der Waals surface area contributed by atoms with Crippen molar-refractivity contribution in [3.8, 4) is 0 Å². The summed E-state index contributed by atoms with van der Waals surface area (Å²) in [6.45, 7) is 3.81. The van der Waals surface area contributed by atoms with Crippen molar-refractivity contribution in [3.05, 3.63) is 64.7 Å². The molecule has 1 atom stereocenters. The van der Waals surface area contributed by atoms with Crippen LogP contribution in [0, 0.1) is 13.8 Å². The van der Waals surface area contributed by atoms with Gasteiger partial charge in [-0.25, -0.2) is 4.79 Å². The smallest absolute Gasteiger partial charge is 0.335 e. The minimum atomic E-state index is -1.36. The first-order chi connectivity index (χ1) is 11.4. The fourth-order valence-electron chi connectivity index (χ4n) is 2.31. The summed E-state index contributed by atoms with van der Waals surface area (Å²) in [4.78, 5) is 22.9. The van der Waals surface area contributed by atoms with E-state index < -0.39 is 16.8 Å². The van der Waals surface area contributed by atoms with Crippen LogP contribution in [-0.4, -0.2) is 26.9 Å². The molecule has 2 aromatic rings. The highest BCUT2D eigenvalue weighted by atomic mass is 32.2. The zero-order valence-corrected chi connectivity index (χ0v) is 14.4. The zero-order chi connectivity index (χ0) is 17.7. The van der Waals surface area contributed by atoms with E-state index in [9.17, 15) is 13.8 Å². The maximum atomic E-state index is 12.1. The number of amides is 1. The van der Waals surface area contributed by atoms with Crippen molar-refractivity contribution in [2.24, 2.45) is 0 Å². The Bertz CT molecular complexity index is 764. The Morgan fingerprint density at radius 1 is 1.04 bits per heavy atom. The predicted molar refractivity (Wildman–Crippen MR) is 94.7 cm³/mol. The number of anilines is 1. The Morgan fingerprint density at radius 3 is 2.17 bits per heavy atom. The van der Waals surface area contributed by atoms with E-state index >= 15 is 0 Å². The quantitative estimate of drug-likeness (QED) is 0.843. The summed E-state index contributed by atoms with van der Waals surface area (Å²) in [5.74, 6) is -1.20. The Morgan fingerprint density at radius 2 is 1.62 bits per heavy atom. The molecular formula is C18H19NO4S. The van der Waals surface area contributed by atoms with Crippen molar-refractivity contribution in [3.63, 3.8) is 0 Å². The fourth-order valence-corrected chi connectivity index (χ4v) is 3.34. The van der Waals surface area contributed by atoms with Crippen LogP contribution in [0.15, 0.2) is 42.5 Å². The molecule has 1 amide bonds. The molecular weight excluding hydrogens is 326 g/mol. The van der Waals surface area contributed by atoms with Crippen LogP contribution in [0.1, 0.15) is 27.0 Å². The largest absolute Gasteiger partial charge is 0.478 e. The van der Waals surface area contributed by atoms with Gasteiger partial charge in [0.25, 0.3) is 0 Å². The van der Waals surface area contributed by atoms with E-state index in [1.54, 1.807) is 12.1 Å². The average molecular weight is 345 g/mol. The highest BCUT2D eigenvalue weighted by Crippen LogP contribution is 2.19. The molecule has 24 heavy (non-hydrogen) atoms. The normalized spacial score (nSPS) is 11.8. The molecule has 1 unspecified atom stereocenters. The second kappa shape index (κ2) is 7.88. The maximum Gasteiger partial charge on any atom is 0.335 e. The molecule has 2 rings (SSSR count). The molecule has 0 radical (unpaired) electrons. The number of nitrogens with one attached hydrogen (secondary N) is 1.